The molecule has 0 spiro atoms. The van der Waals surface area contributed by atoms with Gasteiger partial charge in [-0.05, 0) is 113 Å². The van der Waals surface area contributed by atoms with Crippen molar-refractivity contribution in [3.8, 4) is 17.3 Å². The van der Waals surface area contributed by atoms with Crippen molar-refractivity contribution in [2.75, 3.05) is 16.5 Å². The van der Waals surface area contributed by atoms with Crippen molar-refractivity contribution in [3.05, 3.63) is 144 Å². The summed E-state index contributed by atoms with van der Waals surface area (Å²) in [7, 11) is 0. The summed E-state index contributed by atoms with van der Waals surface area (Å²) in [6.07, 6.45) is 6.12. The van der Waals surface area contributed by atoms with Crippen molar-refractivity contribution in [1.29, 1.82) is 0 Å². The quantitative estimate of drug-likeness (QED) is 0.148. The molecule has 0 aliphatic carbocycles. The minimum absolute atomic E-state index is 0.000748. The second kappa shape index (κ2) is 14.3. The summed E-state index contributed by atoms with van der Waals surface area (Å²) in [5.74, 6) is 2.58. The van der Waals surface area contributed by atoms with Crippen molar-refractivity contribution in [3.63, 3.8) is 0 Å². The zero-order valence-electron chi connectivity index (χ0n) is 33.8. The first-order chi connectivity index (χ1) is 26.4. The molecule has 0 bridgehead atoms. The van der Waals surface area contributed by atoms with Gasteiger partial charge in [0.2, 0.25) is 0 Å². The molecule has 0 saturated carbocycles. The number of hydrogen-bond donors (Lipinski definition) is 0. The molecule has 0 N–H and O–H groups in total. The minimum Gasteiger partial charge on any atom is -0.457 e. The Balaban J connectivity index is 1.21. The first kappa shape index (κ1) is 36.4. The average Bonchev–Trinajstić information content (AvgIpc) is 3.71. The van der Waals surface area contributed by atoms with Gasteiger partial charge in [0, 0.05) is 40.5 Å². The number of pyridine rings is 1. The van der Waals surface area contributed by atoms with E-state index in [-0.39, 0.29) is 10.8 Å². The number of anilines is 4. The summed E-state index contributed by atoms with van der Waals surface area (Å²) in [5.41, 5.74) is 12.3. The van der Waals surface area contributed by atoms with E-state index >= 15 is 0 Å². The molecule has 0 amide bonds. The zero-order valence-corrected chi connectivity index (χ0v) is 33.8. The van der Waals surface area contributed by atoms with Crippen LogP contribution < -0.4 is 14.5 Å². The van der Waals surface area contributed by atoms with Gasteiger partial charge in [0.15, 0.2) is 0 Å². The number of rotatable bonds is 9. The molecule has 2 aromatic heterocycles. The normalized spacial score (nSPS) is 13.2. The smallest absolute Gasteiger partial charge is 0.137 e. The Kier molecular flexibility index (Phi) is 9.45. The number of nitrogens with zero attached hydrogens (tertiary/aromatic N) is 4. The number of aromatic nitrogens is 2. The second-order valence-corrected chi connectivity index (χ2v) is 17.2. The van der Waals surface area contributed by atoms with Gasteiger partial charge < -0.3 is 14.5 Å². The first-order valence-electron chi connectivity index (χ1n) is 20.0. The fourth-order valence-corrected chi connectivity index (χ4v) is 8.12. The van der Waals surface area contributed by atoms with E-state index in [4.69, 9.17) is 9.72 Å². The maximum absolute atomic E-state index is 6.88. The highest BCUT2D eigenvalue weighted by atomic mass is 16.5. The molecule has 1 aliphatic rings. The predicted molar refractivity (Wildman–Crippen MR) is 233 cm³/mol. The fraction of sp³-hybridized carbons (Fsp3) is 0.300. The first-order valence-corrected chi connectivity index (χ1v) is 20.0. The molecule has 0 radical (unpaired) electrons. The molecule has 5 heteroatoms. The summed E-state index contributed by atoms with van der Waals surface area (Å²) in [6.45, 7) is 18.8. The van der Waals surface area contributed by atoms with Crippen LogP contribution in [-0.4, -0.2) is 16.2 Å². The van der Waals surface area contributed by atoms with Crippen molar-refractivity contribution in [1.82, 2.24) is 9.55 Å². The van der Waals surface area contributed by atoms with Gasteiger partial charge in [0.25, 0.3) is 0 Å². The molecule has 5 nitrogen and oxygen atoms in total. The summed E-state index contributed by atoms with van der Waals surface area (Å²) >= 11 is 0. The van der Waals surface area contributed by atoms with Crippen molar-refractivity contribution in [2.24, 2.45) is 0 Å². The molecule has 8 rings (SSSR count). The van der Waals surface area contributed by atoms with Crippen LogP contribution in [0.15, 0.2) is 121 Å². The SMILES string of the molecule is CCCc1ccc2c(c1)c1c(CCC)cc(Oc3cccc(N4CN(c5cccc(C(C)(C)C)c5)c5ccccc54)c3)cc1n2-c1cc(C(C)(C)C)ccn1. The van der Waals surface area contributed by atoms with Crippen molar-refractivity contribution >= 4 is 44.6 Å². The Hall–Kier alpha value is -5.55. The molecule has 7 aromatic rings. The maximum atomic E-state index is 6.88. The number of benzene rings is 5. The van der Waals surface area contributed by atoms with E-state index in [0.717, 1.165) is 54.2 Å². The van der Waals surface area contributed by atoms with Crippen LogP contribution in [-0.2, 0) is 23.7 Å². The van der Waals surface area contributed by atoms with Crippen LogP contribution in [0, 0.1) is 0 Å². The monoisotopic (exact) mass is 726 g/mol. The summed E-state index contributed by atoms with van der Waals surface area (Å²) < 4.78 is 9.23. The van der Waals surface area contributed by atoms with Gasteiger partial charge >= 0.3 is 0 Å². The molecule has 55 heavy (non-hydrogen) atoms. The fourth-order valence-electron chi connectivity index (χ4n) is 8.12. The molecule has 0 unspecified atom stereocenters. The van der Waals surface area contributed by atoms with Crippen LogP contribution in [0.2, 0.25) is 0 Å². The zero-order chi connectivity index (χ0) is 38.5. The minimum atomic E-state index is 0.000748. The maximum Gasteiger partial charge on any atom is 0.137 e. The summed E-state index contributed by atoms with van der Waals surface area (Å²) in [6, 6.07) is 42.1. The van der Waals surface area contributed by atoms with Crippen molar-refractivity contribution < 1.29 is 4.74 Å². The van der Waals surface area contributed by atoms with Gasteiger partial charge in [-0.2, -0.15) is 0 Å². The van der Waals surface area contributed by atoms with E-state index in [2.05, 4.69) is 185 Å². The molecular weight excluding hydrogens is 673 g/mol. The summed E-state index contributed by atoms with van der Waals surface area (Å²) in [4.78, 5) is 9.77. The van der Waals surface area contributed by atoms with E-state index in [9.17, 15) is 0 Å². The van der Waals surface area contributed by atoms with Gasteiger partial charge in [-0.25, -0.2) is 4.98 Å². The van der Waals surface area contributed by atoms with Crippen LogP contribution >= 0.6 is 0 Å². The number of ether oxygens (including phenoxy) is 1. The van der Waals surface area contributed by atoms with Crippen LogP contribution in [0.4, 0.5) is 22.7 Å². The average molecular weight is 727 g/mol. The molecule has 1 aliphatic heterocycles. The molecule has 0 saturated heterocycles. The Labute approximate surface area is 327 Å². The van der Waals surface area contributed by atoms with Gasteiger partial charge in [0.1, 0.15) is 24.0 Å². The van der Waals surface area contributed by atoms with Crippen LogP contribution in [0.3, 0.4) is 0 Å². The van der Waals surface area contributed by atoms with Crippen LogP contribution in [0.1, 0.15) is 90.5 Å². The molecule has 0 fully saturated rings. The third-order valence-electron chi connectivity index (χ3n) is 11.0. The number of hydrogen-bond acceptors (Lipinski definition) is 4. The highest BCUT2D eigenvalue weighted by Gasteiger charge is 2.29. The van der Waals surface area contributed by atoms with E-state index in [0.29, 0.717) is 6.67 Å². The second-order valence-electron chi connectivity index (χ2n) is 17.2. The van der Waals surface area contributed by atoms with Crippen LogP contribution in [0.25, 0.3) is 27.6 Å². The molecule has 0 atom stereocenters. The third-order valence-corrected chi connectivity index (χ3v) is 11.0. The van der Waals surface area contributed by atoms with E-state index < -0.39 is 0 Å². The molecule has 5 aromatic carbocycles. The largest absolute Gasteiger partial charge is 0.457 e. The van der Waals surface area contributed by atoms with E-state index in [1.807, 2.05) is 6.20 Å². The lowest BCUT2D eigenvalue weighted by atomic mass is 9.87. The lowest BCUT2D eigenvalue weighted by molar-refractivity contribution is 0.482. The number of fused-ring (bicyclic) bond motifs is 4. The highest BCUT2D eigenvalue weighted by Crippen LogP contribution is 2.46. The Bertz CT molecular complexity index is 2510. The Morgan fingerprint density at radius 2 is 1.27 bits per heavy atom. The molecule has 3 heterocycles. The lowest BCUT2D eigenvalue weighted by Gasteiger charge is -2.25. The number of aryl methyl sites for hydroxylation is 2. The third kappa shape index (κ3) is 6.97. The van der Waals surface area contributed by atoms with Gasteiger partial charge in [-0.3, -0.25) is 4.57 Å². The van der Waals surface area contributed by atoms with Gasteiger partial charge in [-0.15, -0.1) is 0 Å². The topological polar surface area (TPSA) is 33.5 Å². The number of para-hydroxylation sites is 2. The van der Waals surface area contributed by atoms with Crippen molar-refractivity contribution in [2.45, 2.75) is 91.9 Å². The summed E-state index contributed by atoms with van der Waals surface area (Å²) in [5, 5.41) is 2.58. The highest BCUT2D eigenvalue weighted by molar-refractivity contribution is 6.11. The van der Waals surface area contributed by atoms with Gasteiger partial charge in [0.05, 0.1) is 22.4 Å². The Morgan fingerprint density at radius 3 is 1.96 bits per heavy atom. The van der Waals surface area contributed by atoms with E-state index in [1.54, 1.807) is 0 Å². The van der Waals surface area contributed by atoms with E-state index in [1.165, 1.54) is 55.6 Å². The van der Waals surface area contributed by atoms with Crippen LogP contribution in [0.5, 0.6) is 11.5 Å². The Morgan fingerprint density at radius 1 is 0.600 bits per heavy atom. The van der Waals surface area contributed by atoms with Gasteiger partial charge in [-0.1, -0.05) is 105 Å². The molecule has 280 valence electrons. The molecular formula is C50H54N4O. The lowest BCUT2D eigenvalue weighted by Crippen LogP contribution is -2.24. The predicted octanol–water partition coefficient (Wildman–Crippen LogP) is 13.7. The standard InChI is InChI=1S/C50H54N4O/c1-9-15-34-23-24-43-42(27-34)48-35(16-10-2)28-41(32-46(48)54(43)47-30-37(25-26-51-47)50(6,7)8)55-40-20-14-19-39(31-40)53-33-52(44-21-11-12-22-45(44)53)38-18-13-17-36(29-38)49(3,4)5/h11-14,17-32H,9-10,15-16,33H2,1-8H3.